The highest BCUT2D eigenvalue weighted by Gasteiger charge is 2.09. The Morgan fingerprint density at radius 1 is 0.967 bits per heavy atom. The molecule has 1 amide bonds. The first-order valence-corrected chi connectivity index (χ1v) is 10.7. The van der Waals surface area contributed by atoms with Crippen LogP contribution in [0.5, 0.6) is 11.5 Å². The quantitative estimate of drug-likeness (QED) is 0.576. The van der Waals surface area contributed by atoms with Gasteiger partial charge in [-0.2, -0.15) is 0 Å². The van der Waals surface area contributed by atoms with Gasteiger partial charge in [-0.25, -0.2) is 13.6 Å². The number of nitrogens with one attached hydrogen (secondary N) is 1. The van der Waals surface area contributed by atoms with E-state index in [4.69, 9.17) is 14.6 Å². The maximum atomic E-state index is 12.3. The minimum atomic E-state index is -3.73. The van der Waals surface area contributed by atoms with Crippen molar-refractivity contribution in [2.75, 3.05) is 7.11 Å². The predicted octanol–water partition coefficient (Wildman–Crippen LogP) is 2.85. The van der Waals surface area contributed by atoms with Gasteiger partial charge >= 0.3 is 0 Å². The lowest BCUT2D eigenvalue weighted by Gasteiger charge is -2.11. The summed E-state index contributed by atoms with van der Waals surface area (Å²) in [5, 5.41) is 7.86. The molecule has 0 fully saturated rings. The molecule has 8 heteroatoms. The van der Waals surface area contributed by atoms with Gasteiger partial charge in [-0.1, -0.05) is 30.3 Å². The fraction of sp³-hybridized carbons (Fsp3) is 0.136. The maximum absolute atomic E-state index is 12.3. The highest BCUT2D eigenvalue weighted by molar-refractivity contribution is 7.89. The Morgan fingerprint density at radius 2 is 1.63 bits per heavy atom. The third-order valence-corrected chi connectivity index (χ3v) is 5.34. The summed E-state index contributed by atoms with van der Waals surface area (Å²) >= 11 is 0. The molecule has 0 unspecified atom stereocenters. The maximum Gasteiger partial charge on any atom is 0.251 e. The summed E-state index contributed by atoms with van der Waals surface area (Å²) in [6.07, 6.45) is 0. The number of carbonyl (C=O) groups is 1. The van der Waals surface area contributed by atoms with Crippen molar-refractivity contribution < 1.29 is 22.7 Å². The molecule has 0 heterocycles. The van der Waals surface area contributed by atoms with Gasteiger partial charge in [0.15, 0.2) is 0 Å². The Bertz CT molecular complexity index is 1110. The van der Waals surface area contributed by atoms with Crippen LogP contribution in [-0.4, -0.2) is 21.4 Å². The average Bonchev–Trinajstić information content (AvgIpc) is 2.76. The van der Waals surface area contributed by atoms with Gasteiger partial charge in [-0.15, -0.1) is 0 Å². The molecular formula is C22H22N2O5S. The Hall–Kier alpha value is -3.36. The third-order valence-electron chi connectivity index (χ3n) is 4.41. The topological polar surface area (TPSA) is 108 Å². The molecule has 3 aromatic carbocycles. The van der Waals surface area contributed by atoms with Crippen LogP contribution in [0.2, 0.25) is 0 Å². The molecule has 0 bridgehead atoms. The minimum absolute atomic E-state index is 0.0290. The van der Waals surface area contributed by atoms with Crippen LogP contribution < -0.4 is 19.9 Å². The highest BCUT2D eigenvalue weighted by Crippen LogP contribution is 2.20. The molecule has 3 rings (SSSR count). The molecule has 0 aliphatic heterocycles. The van der Waals surface area contributed by atoms with Crippen LogP contribution in [0.4, 0.5) is 0 Å². The molecule has 0 aromatic heterocycles. The summed E-state index contributed by atoms with van der Waals surface area (Å²) in [5.74, 6) is 1.14. The van der Waals surface area contributed by atoms with E-state index in [2.05, 4.69) is 5.32 Å². The third kappa shape index (κ3) is 5.59. The lowest BCUT2D eigenvalue weighted by atomic mass is 10.2. The normalized spacial score (nSPS) is 11.0. The average molecular weight is 426 g/mol. The van der Waals surface area contributed by atoms with Crippen LogP contribution in [0.25, 0.3) is 0 Å². The predicted molar refractivity (Wildman–Crippen MR) is 113 cm³/mol. The van der Waals surface area contributed by atoms with Crippen LogP contribution >= 0.6 is 0 Å². The molecule has 3 aromatic rings. The summed E-state index contributed by atoms with van der Waals surface area (Å²) in [6.45, 7) is 0.611. The number of rotatable bonds is 8. The smallest absolute Gasteiger partial charge is 0.251 e. The Morgan fingerprint density at radius 3 is 2.27 bits per heavy atom. The molecule has 30 heavy (non-hydrogen) atoms. The number of methoxy groups -OCH3 is 1. The summed E-state index contributed by atoms with van der Waals surface area (Å²) in [5.41, 5.74) is 2.17. The molecule has 156 valence electrons. The standard InChI is InChI=1S/C22H22N2O5S/c1-28-21-5-3-2-4-18(21)15-29-19-10-8-17(9-11-19)22(25)24-14-16-6-12-20(13-7-16)30(23,26)27/h2-13H,14-15H2,1H3,(H,24,25)(H2,23,26,27). The fourth-order valence-corrected chi connectivity index (χ4v) is 3.28. The molecule has 0 saturated heterocycles. The monoisotopic (exact) mass is 426 g/mol. The van der Waals surface area contributed by atoms with Crippen LogP contribution in [0.15, 0.2) is 77.7 Å². The van der Waals surface area contributed by atoms with Gasteiger partial charge in [0.05, 0.1) is 12.0 Å². The van der Waals surface area contributed by atoms with E-state index in [-0.39, 0.29) is 17.3 Å². The number of amides is 1. The molecule has 0 spiro atoms. The summed E-state index contributed by atoms with van der Waals surface area (Å²) in [7, 11) is -2.12. The molecule has 0 aliphatic rings. The summed E-state index contributed by atoms with van der Waals surface area (Å²) in [4.78, 5) is 12.4. The molecular weight excluding hydrogens is 404 g/mol. The highest BCUT2D eigenvalue weighted by atomic mass is 32.2. The minimum Gasteiger partial charge on any atom is -0.496 e. The lowest BCUT2D eigenvalue weighted by molar-refractivity contribution is 0.0951. The Balaban J connectivity index is 1.54. The van der Waals surface area contributed by atoms with Crippen LogP contribution in [0.3, 0.4) is 0 Å². The van der Waals surface area contributed by atoms with Crippen molar-refractivity contribution in [1.29, 1.82) is 0 Å². The van der Waals surface area contributed by atoms with Crippen molar-refractivity contribution in [3.8, 4) is 11.5 Å². The molecule has 0 atom stereocenters. The van der Waals surface area contributed by atoms with Crippen LogP contribution in [-0.2, 0) is 23.2 Å². The van der Waals surface area contributed by atoms with Crippen molar-refractivity contribution in [2.45, 2.75) is 18.0 Å². The zero-order valence-corrected chi connectivity index (χ0v) is 17.2. The van der Waals surface area contributed by atoms with Crippen molar-refractivity contribution in [2.24, 2.45) is 5.14 Å². The summed E-state index contributed by atoms with van der Waals surface area (Å²) < 4.78 is 33.6. The van der Waals surface area contributed by atoms with E-state index in [0.717, 1.165) is 16.9 Å². The van der Waals surface area contributed by atoms with Crippen molar-refractivity contribution in [1.82, 2.24) is 5.32 Å². The number of benzene rings is 3. The van der Waals surface area contributed by atoms with Gasteiger partial charge in [0.1, 0.15) is 18.1 Å². The van der Waals surface area contributed by atoms with Crippen molar-refractivity contribution in [3.05, 3.63) is 89.5 Å². The summed E-state index contributed by atoms with van der Waals surface area (Å²) in [6, 6.07) is 20.4. The van der Waals surface area contributed by atoms with Gasteiger partial charge < -0.3 is 14.8 Å². The second-order valence-corrected chi connectivity index (χ2v) is 8.06. The number of hydrogen-bond donors (Lipinski definition) is 2. The van der Waals surface area contributed by atoms with E-state index >= 15 is 0 Å². The van der Waals surface area contributed by atoms with Gasteiger partial charge in [0.25, 0.3) is 5.91 Å². The zero-order valence-electron chi connectivity index (χ0n) is 16.4. The van der Waals surface area contributed by atoms with E-state index in [0.29, 0.717) is 17.9 Å². The van der Waals surface area contributed by atoms with E-state index < -0.39 is 10.0 Å². The van der Waals surface area contributed by atoms with Crippen LogP contribution in [0, 0.1) is 0 Å². The Labute approximate surface area is 175 Å². The molecule has 0 radical (unpaired) electrons. The lowest BCUT2D eigenvalue weighted by Crippen LogP contribution is -2.22. The first kappa shape index (κ1) is 21.4. The molecule has 7 nitrogen and oxygen atoms in total. The number of primary sulfonamides is 1. The van der Waals surface area contributed by atoms with E-state index in [9.17, 15) is 13.2 Å². The molecule has 3 N–H and O–H groups in total. The molecule has 0 saturated carbocycles. The first-order chi connectivity index (χ1) is 14.4. The van der Waals surface area contributed by atoms with Gasteiger partial charge in [-0.05, 0) is 48.0 Å². The number of para-hydroxylation sites is 1. The van der Waals surface area contributed by atoms with E-state index in [1.807, 2.05) is 24.3 Å². The number of ether oxygens (including phenoxy) is 2. The second kappa shape index (κ2) is 9.43. The van der Waals surface area contributed by atoms with Crippen LogP contribution in [0.1, 0.15) is 21.5 Å². The number of carbonyl (C=O) groups excluding carboxylic acids is 1. The van der Waals surface area contributed by atoms with Gasteiger partial charge in [0, 0.05) is 17.7 Å². The second-order valence-electron chi connectivity index (χ2n) is 6.50. The van der Waals surface area contributed by atoms with E-state index in [1.165, 1.54) is 12.1 Å². The largest absolute Gasteiger partial charge is 0.496 e. The first-order valence-electron chi connectivity index (χ1n) is 9.11. The van der Waals surface area contributed by atoms with Gasteiger partial charge in [-0.3, -0.25) is 4.79 Å². The van der Waals surface area contributed by atoms with Crippen molar-refractivity contribution in [3.63, 3.8) is 0 Å². The van der Waals surface area contributed by atoms with E-state index in [1.54, 1.807) is 43.5 Å². The SMILES string of the molecule is COc1ccccc1COc1ccc(C(=O)NCc2ccc(S(N)(=O)=O)cc2)cc1. The number of nitrogens with two attached hydrogens (primary N) is 1. The fourth-order valence-electron chi connectivity index (χ4n) is 2.77. The zero-order chi connectivity index (χ0) is 21.6. The Kier molecular flexibility index (Phi) is 6.71. The van der Waals surface area contributed by atoms with Gasteiger partial charge in [0.2, 0.25) is 10.0 Å². The molecule has 0 aliphatic carbocycles. The van der Waals surface area contributed by atoms with Crippen molar-refractivity contribution >= 4 is 15.9 Å². The number of hydrogen-bond acceptors (Lipinski definition) is 5. The number of sulfonamides is 1.